The molecular formula is C5H5F8O3P. The molecule has 104 valence electrons. The van der Waals surface area contributed by atoms with Crippen LogP contribution >= 0.6 is 8.38 Å². The van der Waals surface area contributed by atoms with Crippen molar-refractivity contribution in [3.8, 4) is 0 Å². The molecule has 3 nitrogen and oxygen atoms in total. The highest BCUT2D eigenvalue weighted by Gasteiger charge is 2.78. The topological polar surface area (TPSA) is 60.7 Å². The van der Waals surface area contributed by atoms with E-state index in [2.05, 4.69) is 0 Å². The number of aliphatic hydroxyl groups is 1. The minimum Gasteiger partial charge on any atom is -0.378 e. The fourth-order valence-electron chi connectivity index (χ4n) is 0.666. The zero-order valence-electron chi connectivity index (χ0n) is 7.47. The minimum absolute atomic E-state index is 3.99. The van der Waals surface area contributed by atoms with Gasteiger partial charge in [-0.15, -0.1) is 0 Å². The summed E-state index contributed by atoms with van der Waals surface area (Å²) in [5, 5.41) is 8.26. The highest BCUT2D eigenvalue weighted by Crippen LogP contribution is 2.54. The third kappa shape index (κ3) is 2.61. The van der Waals surface area contributed by atoms with Crippen LogP contribution in [0, 0.1) is 0 Å². The van der Waals surface area contributed by atoms with Gasteiger partial charge in [-0.1, -0.05) is 0 Å². The Morgan fingerprint density at radius 3 is 1.41 bits per heavy atom. The first kappa shape index (κ1) is 16.8. The second kappa shape index (κ2) is 4.79. The lowest BCUT2D eigenvalue weighted by Crippen LogP contribution is -2.61. The van der Waals surface area contributed by atoms with Crippen LogP contribution in [0.25, 0.3) is 0 Å². The molecule has 0 amide bonds. The smallest absolute Gasteiger partial charge is 0.378 e. The van der Waals surface area contributed by atoms with Gasteiger partial charge in [0.25, 0.3) is 0 Å². The summed E-state index contributed by atoms with van der Waals surface area (Å²) in [6.45, 7) is 0. The molecule has 12 heteroatoms. The molecule has 0 aromatic carbocycles. The Hall–Kier alpha value is -0.250. The Labute approximate surface area is 89.6 Å². The van der Waals surface area contributed by atoms with Crippen LogP contribution in [0.15, 0.2) is 0 Å². The van der Waals surface area contributed by atoms with Gasteiger partial charge >= 0.3 is 24.2 Å². The summed E-state index contributed by atoms with van der Waals surface area (Å²) >= 11 is 0. The lowest BCUT2D eigenvalue weighted by Gasteiger charge is -2.34. The molecule has 1 atom stereocenters. The summed E-state index contributed by atoms with van der Waals surface area (Å²) in [6.07, 6.45) is -5.13. The Balaban J connectivity index is 5.44. The van der Waals surface area contributed by atoms with Gasteiger partial charge in [-0.2, -0.15) is 26.3 Å². The van der Waals surface area contributed by atoms with Crippen molar-refractivity contribution < 1.29 is 50.0 Å². The Morgan fingerprint density at radius 2 is 1.18 bits per heavy atom. The molecule has 0 rings (SSSR count). The van der Waals surface area contributed by atoms with E-state index >= 15 is 0 Å². The first-order valence-corrected chi connectivity index (χ1v) is 4.88. The zero-order chi connectivity index (χ0) is 14.2. The SMILES string of the molecule is O[C@@H](P(O)O)C(F)(F)C(F)(F)C(F)(F)C(F)F. The Morgan fingerprint density at radius 1 is 0.824 bits per heavy atom. The van der Waals surface area contributed by atoms with E-state index in [0.29, 0.717) is 0 Å². The van der Waals surface area contributed by atoms with Crippen molar-refractivity contribution in [1.82, 2.24) is 0 Å². The number of alkyl halides is 8. The van der Waals surface area contributed by atoms with Crippen LogP contribution in [0.4, 0.5) is 35.1 Å². The Bertz CT molecular complexity index is 270. The van der Waals surface area contributed by atoms with Crippen molar-refractivity contribution in [1.29, 1.82) is 0 Å². The van der Waals surface area contributed by atoms with E-state index < -0.39 is 38.4 Å². The Kier molecular flexibility index (Phi) is 4.72. The average molecular weight is 296 g/mol. The van der Waals surface area contributed by atoms with Crippen LogP contribution < -0.4 is 0 Å². The third-order valence-corrected chi connectivity index (χ3v) is 2.42. The number of rotatable bonds is 5. The maximum absolute atomic E-state index is 12.6. The van der Waals surface area contributed by atoms with Crippen molar-refractivity contribution in [3.05, 3.63) is 0 Å². The van der Waals surface area contributed by atoms with Crippen LogP contribution in [0.5, 0.6) is 0 Å². The van der Waals surface area contributed by atoms with Crippen LogP contribution in [0.3, 0.4) is 0 Å². The van der Waals surface area contributed by atoms with Crippen LogP contribution in [0.2, 0.25) is 0 Å². The highest BCUT2D eigenvalue weighted by atomic mass is 31.2. The van der Waals surface area contributed by atoms with E-state index in [-0.39, 0.29) is 0 Å². The van der Waals surface area contributed by atoms with Gasteiger partial charge in [0.05, 0.1) is 0 Å². The van der Waals surface area contributed by atoms with Gasteiger partial charge in [-0.25, -0.2) is 8.78 Å². The molecule has 0 aliphatic carbocycles. The van der Waals surface area contributed by atoms with Gasteiger partial charge in [0, 0.05) is 0 Å². The monoisotopic (exact) mass is 296 g/mol. The second-order valence-electron chi connectivity index (χ2n) is 2.82. The first-order valence-electron chi connectivity index (χ1n) is 3.56. The van der Waals surface area contributed by atoms with Crippen molar-refractivity contribution in [2.24, 2.45) is 0 Å². The summed E-state index contributed by atoms with van der Waals surface area (Å²) in [7, 11) is -4.13. The fraction of sp³-hybridized carbons (Fsp3) is 1.00. The molecule has 0 radical (unpaired) electrons. The molecule has 0 heterocycles. The number of hydrogen-bond donors (Lipinski definition) is 3. The van der Waals surface area contributed by atoms with E-state index in [0.717, 1.165) is 0 Å². The summed E-state index contributed by atoms with van der Waals surface area (Å²) in [6, 6.07) is 0. The molecule has 0 aliphatic heterocycles. The van der Waals surface area contributed by atoms with Crippen molar-refractivity contribution >= 4 is 8.38 Å². The molecule has 0 saturated heterocycles. The van der Waals surface area contributed by atoms with Gasteiger partial charge in [-0.05, 0) is 0 Å². The molecule has 0 saturated carbocycles. The number of aliphatic hydroxyl groups excluding tert-OH is 1. The summed E-state index contributed by atoms with van der Waals surface area (Å²) in [5.74, 6) is -23.2. The second-order valence-corrected chi connectivity index (χ2v) is 3.94. The van der Waals surface area contributed by atoms with Crippen LogP contribution in [-0.4, -0.2) is 44.9 Å². The highest BCUT2D eigenvalue weighted by molar-refractivity contribution is 7.45. The molecule has 0 spiro atoms. The largest absolute Gasteiger partial charge is 0.381 e. The van der Waals surface area contributed by atoms with E-state index in [9.17, 15) is 35.1 Å². The van der Waals surface area contributed by atoms with Crippen LogP contribution in [-0.2, 0) is 0 Å². The normalized spacial score (nSPS) is 16.8. The standard InChI is InChI=1S/C5H5F8O3P/c6-1(7)3(8,9)5(12,13)4(10,11)2(14)17(15)16/h1-2,14-16H/t2-/m0/s1. The molecule has 0 bridgehead atoms. The van der Waals surface area contributed by atoms with E-state index in [1.165, 1.54) is 0 Å². The van der Waals surface area contributed by atoms with Gasteiger partial charge in [0.15, 0.2) is 5.85 Å². The minimum atomic E-state index is -6.65. The van der Waals surface area contributed by atoms with Crippen LogP contribution in [0.1, 0.15) is 0 Å². The third-order valence-electron chi connectivity index (χ3n) is 1.65. The predicted molar refractivity (Wildman–Crippen MR) is 38.2 cm³/mol. The average Bonchev–Trinajstić information content (AvgIpc) is 2.15. The van der Waals surface area contributed by atoms with E-state index in [1.54, 1.807) is 0 Å². The summed E-state index contributed by atoms with van der Waals surface area (Å²) < 4.78 is 97.6. The van der Waals surface area contributed by atoms with Gasteiger partial charge in [-0.3, -0.25) is 0 Å². The first-order chi connectivity index (χ1) is 7.30. The lowest BCUT2D eigenvalue weighted by atomic mass is 10.1. The van der Waals surface area contributed by atoms with Gasteiger partial charge < -0.3 is 14.9 Å². The molecule has 0 aromatic rings. The quantitative estimate of drug-likeness (QED) is 0.535. The van der Waals surface area contributed by atoms with Crippen molar-refractivity contribution in [2.75, 3.05) is 0 Å². The fourth-order valence-corrected chi connectivity index (χ4v) is 1.12. The molecular weight excluding hydrogens is 291 g/mol. The summed E-state index contributed by atoms with van der Waals surface area (Å²) in [4.78, 5) is 16.1. The molecule has 0 aromatic heterocycles. The van der Waals surface area contributed by atoms with E-state index in [1.807, 2.05) is 0 Å². The summed E-state index contributed by atoms with van der Waals surface area (Å²) in [5.41, 5.74) is 0. The lowest BCUT2D eigenvalue weighted by molar-refractivity contribution is -0.349. The zero-order valence-corrected chi connectivity index (χ0v) is 8.36. The van der Waals surface area contributed by atoms with Crippen molar-refractivity contribution in [2.45, 2.75) is 30.0 Å². The molecule has 0 unspecified atom stereocenters. The predicted octanol–water partition coefficient (Wildman–Crippen LogP) is 1.77. The maximum Gasteiger partial charge on any atom is 0.381 e. The van der Waals surface area contributed by atoms with Gasteiger partial charge in [0.2, 0.25) is 8.38 Å². The maximum atomic E-state index is 12.6. The van der Waals surface area contributed by atoms with Gasteiger partial charge in [0.1, 0.15) is 0 Å². The molecule has 17 heavy (non-hydrogen) atoms. The molecule has 0 aliphatic rings. The van der Waals surface area contributed by atoms with Crippen molar-refractivity contribution in [3.63, 3.8) is 0 Å². The molecule has 3 N–H and O–H groups in total. The van der Waals surface area contributed by atoms with E-state index in [4.69, 9.17) is 14.9 Å². The number of halogens is 8. The number of hydrogen-bond acceptors (Lipinski definition) is 3. The molecule has 0 fully saturated rings.